The molecule has 0 saturated heterocycles. The minimum Gasteiger partial charge on any atom is -0.357 e. The van der Waals surface area contributed by atoms with Gasteiger partial charge in [0.15, 0.2) is 5.82 Å². The Labute approximate surface area is 109 Å². The highest BCUT2D eigenvalue weighted by molar-refractivity contribution is 5.60. The topological polar surface area (TPSA) is 55.0 Å². The van der Waals surface area contributed by atoms with E-state index in [1.807, 2.05) is 11.9 Å². The van der Waals surface area contributed by atoms with Crippen molar-refractivity contribution in [2.24, 2.45) is 5.73 Å². The van der Waals surface area contributed by atoms with Crippen molar-refractivity contribution in [1.82, 2.24) is 10.2 Å². The third-order valence-electron chi connectivity index (χ3n) is 2.71. The standard InChI is InChI=1S/C13H14F2N4/c1-19(7-6-16)13-5-4-12(17-18-13)10-8-9(14)2-3-11(10)15/h2-5,8H,6-7,16H2,1H3. The number of rotatable bonds is 4. The molecule has 1 aromatic carbocycles. The Hall–Kier alpha value is -2.08. The molecule has 0 aliphatic heterocycles. The number of nitrogens with two attached hydrogens (primary N) is 1. The van der Waals surface area contributed by atoms with E-state index in [4.69, 9.17) is 5.73 Å². The van der Waals surface area contributed by atoms with Crippen LogP contribution in [0.1, 0.15) is 0 Å². The highest BCUT2D eigenvalue weighted by Crippen LogP contribution is 2.22. The Morgan fingerprint density at radius 3 is 2.58 bits per heavy atom. The third kappa shape index (κ3) is 3.03. The maximum absolute atomic E-state index is 13.6. The first-order valence-electron chi connectivity index (χ1n) is 5.82. The van der Waals surface area contributed by atoms with E-state index < -0.39 is 11.6 Å². The maximum atomic E-state index is 13.6. The average Bonchev–Trinajstić information content (AvgIpc) is 2.42. The highest BCUT2D eigenvalue weighted by Gasteiger charge is 2.09. The fourth-order valence-electron chi connectivity index (χ4n) is 1.67. The molecule has 0 unspecified atom stereocenters. The first-order valence-corrected chi connectivity index (χ1v) is 5.82. The molecule has 0 bridgehead atoms. The van der Waals surface area contributed by atoms with Crippen molar-refractivity contribution in [3.8, 4) is 11.3 Å². The smallest absolute Gasteiger partial charge is 0.151 e. The van der Waals surface area contributed by atoms with Gasteiger partial charge in [0, 0.05) is 25.7 Å². The van der Waals surface area contributed by atoms with Crippen LogP contribution >= 0.6 is 0 Å². The van der Waals surface area contributed by atoms with Gasteiger partial charge in [-0.1, -0.05) is 0 Å². The molecule has 100 valence electrons. The molecule has 2 rings (SSSR count). The second-order valence-electron chi connectivity index (χ2n) is 4.11. The number of aromatic nitrogens is 2. The van der Waals surface area contributed by atoms with Crippen LogP contribution in [-0.4, -0.2) is 30.3 Å². The summed E-state index contributed by atoms with van der Waals surface area (Å²) in [4.78, 5) is 1.83. The van der Waals surface area contributed by atoms with Gasteiger partial charge in [-0.25, -0.2) is 8.78 Å². The van der Waals surface area contributed by atoms with Gasteiger partial charge in [-0.2, -0.15) is 0 Å². The Bertz CT molecular complexity index is 557. The zero-order valence-electron chi connectivity index (χ0n) is 10.5. The van der Waals surface area contributed by atoms with Gasteiger partial charge < -0.3 is 10.6 Å². The minimum absolute atomic E-state index is 0.0977. The number of halogens is 2. The van der Waals surface area contributed by atoms with E-state index in [9.17, 15) is 8.78 Å². The molecule has 0 aliphatic rings. The van der Waals surface area contributed by atoms with Crippen LogP contribution in [0.25, 0.3) is 11.3 Å². The lowest BCUT2D eigenvalue weighted by Crippen LogP contribution is -2.25. The summed E-state index contributed by atoms with van der Waals surface area (Å²) in [6.07, 6.45) is 0. The predicted octanol–water partition coefficient (Wildman–Crippen LogP) is 1.82. The molecule has 19 heavy (non-hydrogen) atoms. The van der Waals surface area contributed by atoms with E-state index >= 15 is 0 Å². The first kappa shape index (κ1) is 13.4. The highest BCUT2D eigenvalue weighted by atomic mass is 19.1. The van der Waals surface area contributed by atoms with Crippen LogP contribution in [-0.2, 0) is 0 Å². The minimum atomic E-state index is -0.529. The van der Waals surface area contributed by atoms with Crippen LogP contribution < -0.4 is 10.6 Å². The zero-order valence-corrected chi connectivity index (χ0v) is 10.5. The van der Waals surface area contributed by atoms with Gasteiger partial charge in [0.2, 0.25) is 0 Å². The quantitative estimate of drug-likeness (QED) is 0.915. The lowest BCUT2D eigenvalue weighted by atomic mass is 10.1. The molecule has 0 saturated carbocycles. The summed E-state index contributed by atoms with van der Waals surface area (Å²) < 4.78 is 26.7. The summed E-state index contributed by atoms with van der Waals surface area (Å²) in [5, 5.41) is 7.89. The molecule has 0 atom stereocenters. The fraction of sp³-hybridized carbons (Fsp3) is 0.231. The van der Waals surface area contributed by atoms with Crippen LogP contribution in [0.5, 0.6) is 0 Å². The molecule has 0 amide bonds. The van der Waals surface area contributed by atoms with E-state index in [1.165, 1.54) is 0 Å². The molecule has 1 heterocycles. The Balaban J connectivity index is 2.29. The van der Waals surface area contributed by atoms with Crippen molar-refractivity contribution in [1.29, 1.82) is 0 Å². The molecule has 2 N–H and O–H groups in total. The predicted molar refractivity (Wildman–Crippen MR) is 69.7 cm³/mol. The lowest BCUT2D eigenvalue weighted by molar-refractivity contribution is 0.602. The van der Waals surface area contributed by atoms with E-state index in [2.05, 4.69) is 10.2 Å². The number of hydrogen-bond donors (Lipinski definition) is 1. The van der Waals surface area contributed by atoms with Gasteiger partial charge in [0.1, 0.15) is 11.6 Å². The van der Waals surface area contributed by atoms with Crippen LogP contribution in [0.4, 0.5) is 14.6 Å². The molecule has 2 aromatic rings. The van der Waals surface area contributed by atoms with Gasteiger partial charge in [0.05, 0.1) is 5.69 Å². The van der Waals surface area contributed by atoms with Gasteiger partial charge >= 0.3 is 0 Å². The van der Waals surface area contributed by atoms with Gasteiger partial charge in [-0.3, -0.25) is 0 Å². The summed E-state index contributed by atoms with van der Waals surface area (Å²) >= 11 is 0. The van der Waals surface area contributed by atoms with Crippen molar-refractivity contribution in [2.75, 3.05) is 25.0 Å². The lowest BCUT2D eigenvalue weighted by Gasteiger charge is -2.16. The third-order valence-corrected chi connectivity index (χ3v) is 2.71. The van der Waals surface area contributed by atoms with Crippen LogP contribution in [0.15, 0.2) is 30.3 Å². The Morgan fingerprint density at radius 1 is 1.16 bits per heavy atom. The van der Waals surface area contributed by atoms with Gasteiger partial charge in [-0.15, -0.1) is 10.2 Å². The fourth-order valence-corrected chi connectivity index (χ4v) is 1.67. The first-order chi connectivity index (χ1) is 9.11. The van der Waals surface area contributed by atoms with Crippen molar-refractivity contribution in [2.45, 2.75) is 0 Å². The van der Waals surface area contributed by atoms with Gasteiger partial charge in [-0.05, 0) is 30.3 Å². The Morgan fingerprint density at radius 2 is 1.95 bits per heavy atom. The van der Waals surface area contributed by atoms with E-state index in [1.54, 1.807) is 12.1 Å². The molecule has 0 spiro atoms. The summed E-state index contributed by atoms with van der Waals surface area (Å²) in [6.45, 7) is 1.14. The van der Waals surface area contributed by atoms with Crippen molar-refractivity contribution < 1.29 is 8.78 Å². The summed E-state index contributed by atoms with van der Waals surface area (Å²) in [5.74, 6) is -0.410. The number of likely N-dealkylation sites (N-methyl/N-ethyl adjacent to an activating group) is 1. The summed E-state index contributed by atoms with van der Waals surface area (Å²) in [7, 11) is 1.83. The molecular weight excluding hydrogens is 250 g/mol. The monoisotopic (exact) mass is 264 g/mol. The SMILES string of the molecule is CN(CCN)c1ccc(-c2cc(F)ccc2F)nn1. The maximum Gasteiger partial charge on any atom is 0.151 e. The zero-order chi connectivity index (χ0) is 13.8. The second-order valence-corrected chi connectivity index (χ2v) is 4.11. The number of anilines is 1. The molecule has 0 radical (unpaired) electrons. The molecule has 4 nitrogen and oxygen atoms in total. The Kier molecular flexibility index (Phi) is 4.01. The molecule has 1 aromatic heterocycles. The summed E-state index contributed by atoms with van der Waals surface area (Å²) in [6, 6.07) is 6.54. The van der Waals surface area contributed by atoms with E-state index in [-0.39, 0.29) is 5.56 Å². The number of hydrogen-bond acceptors (Lipinski definition) is 4. The molecular formula is C13H14F2N4. The molecule has 0 fully saturated rings. The number of benzene rings is 1. The number of nitrogens with zero attached hydrogens (tertiary/aromatic N) is 3. The molecule has 0 aliphatic carbocycles. The van der Waals surface area contributed by atoms with E-state index in [0.29, 0.717) is 24.6 Å². The van der Waals surface area contributed by atoms with Crippen LogP contribution in [0, 0.1) is 11.6 Å². The van der Waals surface area contributed by atoms with Crippen molar-refractivity contribution in [3.05, 3.63) is 42.0 Å². The van der Waals surface area contributed by atoms with E-state index in [0.717, 1.165) is 18.2 Å². The largest absolute Gasteiger partial charge is 0.357 e. The normalized spacial score (nSPS) is 10.5. The summed E-state index contributed by atoms with van der Waals surface area (Å²) in [5.41, 5.74) is 5.83. The second kappa shape index (κ2) is 5.71. The van der Waals surface area contributed by atoms with Crippen LogP contribution in [0.2, 0.25) is 0 Å². The van der Waals surface area contributed by atoms with Crippen LogP contribution in [0.3, 0.4) is 0 Å². The van der Waals surface area contributed by atoms with Crippen molar-refractivity contribution >= 4 is 5.82 Å². The van der Waals surface area contributed by atoms with Crippen molar-refractivity contribution in [3.63, 3.8) is 0 Å². The average molecular weight is 264 g/mol. The van der Waals surface area contributed by atoms with Gasteiger partial charge in [0.25, 0.3) is 0 Å². The molecule has 6 heteroatoms.